The Balaban J connectivity index is 1.71. The van der Waals surface area contributed by atoms with Gasteiger partial charge in [0.25, 0.3) is 0 Å². The fourth-order valence-corrected chi connectivity index (χ4v) is 3.24. The molecule has 0 spiro atoms. The number of piperidine rings is 1. The number of hydrogen-bond donors (Lipinski definition) is 1. The molecule has 1 aromatic carbocycles. The third-order valence-corrected chi connectivity index (χ3v) is 4.42. The maximum absolute atomic E-state index is 3.63. The van der Waals surface area contributed by atoms with Crippen LogP contribution in [0.4, 0.5) is 0 Å². The molecule has 0 bridgehead atoms. The predicted octanol–water partition coefficient (Wildman–Crippen LogP) is 3.95. The maximum Gasteiger partial charge on any atom is 0.0208 e. The van der Waals surface area contributed by atoms with Gasteiger partial charge in [0.2, 0.25) is 0 Å². The van der Waals surface area contributed by atoms with Crippen LogP contribution in [0.2, 0.25) is 0 Å². The number of nitrogens with one attached hydrogen (secondary N) is 1. The number of hydrogen-bond acceptors (Lipinski definition) is 2. The van der Waals surface area contributed by atoms with Crippen molar-refractivity contribution < 1.29 is 0 Å². The molecule has 2 nitrogen and oxygen atoms in total. The topological polar surface area (TPSA) is 15.3 Å². The van der Waals surface area contributed by atoms with Gasteiger partial charge in [-0.3, -0.25) is 0 Å². The Morgan fingerprint density at radius 3 is 2.48 bits per heavy atom. The van der Waals surface area contributed by atoms with Crippen molar-refractivity contribution >= 4 is 0 Å². The molecule has 0 atom stereocenters. The molecule has 1 aromatic rings. The zero-order valence-corrected chi connectivity index (χ0v) is 14.1. The van der Waals surface area contributed by atoms with Crippen LogP contribution >= 0.6 is 0 Å². The van der Waals surface area contributed by atoms with Gasteiger partial charge in [-0.1, -0.05) is 51.5 Å². The van der Waals surface area contributed by atoms with Crippen LogP contribution in [0.1, 0.15) is 57.6 Å². The highest BCUT2D eigenvalue weighted by molar-refractivity contribution is 5.32. The van der Waals surface area contributed by atoms with Crippen molar-refractivity contribution in [2.45, 2.75) is 58.4 Å². The van der Waals surface area contributed by atoms with Crippen LogP contribution in [-0.4, -0.2) is 31.1 Å². The first-order valence-electron chi connectivity index (χ1n) is 8.59. The summed E-state index contributed by atoms with van der Waals surface area (Å²) in [6.07, 6.45) is 5.48. The van der Waals surface area contributed by atoms with Gasteiger partial charge in [0.1, 0.15) is 0 Å². The molecule has 1 saturated heterocycles. The Kier molecular flexibility index (Phi) is 6.25. The van der Waals surface area contributed by atoms with E-state index in [1.54, 1.807) is 0 Å². The minimum atomic E-state index is 0.228. The number of nitrogens with zero attached hydrogens (tertiary/aromatic N) is 1. The molecule has 2 heteroatoms. The van der Waals surface area contributed by atoms with Crippen molar-refractivity contribution in [2.24, 2.45) is 0 Å². The quantitative estimate of drug-likeness (QED) is 0.797. The molecule has 0 aromatic heterocycles. The lowest BCUT2D eigenvalue weighted by molar-refractivity contribution is 0.225. The normalized spacial score (nSPS) is 17.1. The molecule has 0 unspecified atom stereocenters. The minimum Gasteiger partial charge on any atom is -0.313 e. The van der Waals surface area contributed by atoms with E-state index in [1.807, 2.05) is 0 Å². The molecular formula is C19H32N2. The second-order valence-corrected chi connectivity index (χ2v) is 7.34. The molecule has 1 fully saturated rings. The van der Waals surface area contributed by atoms with Crippen molar-refractivity contribution in [1.82, 2.24) is 10.2 Å². The van der Waals surface area contributed by atoms with Crippen LogP contribution in [0.15, 0.2) is 24.3 Å². The Labute approximate surface area is 130 Å². The summed E-state index contributed by atoms with van der Waals surface area (Å²) >= 11 is 0. The highest BCUT2D eigenvalue weighted by Gasteiger charge is 2.16. The van der Waals surface area contributed by atoms with Crippen molar-refractivity contribution in [3.8, 4) is 0 Å². The average Bonchev–Trinajstić information content (AvgIpc) is 2.47. The molecule has 0 amide bonds. The highest BCUT2D eigenvalue weighted by atomic mass is 15.1. The zero-order chi connectivity index (χ0) is 15.1. The summed E-state index contributed by atoms with van der Waals surface area (Å²) < 4.78 is 0. The average molecular weight is 288 g/mol. The van der Waals surface area contributed by atoms with Gasteiger partial charge in [-0.25, -0.2) is 0 Å². The van der Waals surface area contributed by atoms with Crippen LogP contribution < -0.4 is 5.32 Å². The van der Waals surface area contributed by atoms with Gasteiger partial charge in [-0.2, -0.15) is 0 Å². The number of likely N-dealkylation sites (tertiary alicyclic amines) is 1. The molecule has 1 aliphatic heterocycles. The zero-order valence-electron chi connectivity index (χ0n) is 14.1. The van der Waals surface area contributed by atoms with E-state index in [4.69, 9.17) is 0 Å². The van der Waals surface area contributed by atoms with Gasteiger partial charge in [-0.05, 0) is 62.0 Å². The molecule has 1 N–H and O–H groups in total. The lowest BCUT2D eigenvalue weighted by atomic mass is 9.84. The summed E-state index contributed by atoms with van der Waals surface area (Å²) in [7, 11) is 0. The summed E-state index contributed by atoms with van der Waals surface area (Å²) in [5.41, 5.74) is 3.14. The number of rotatable bonds is 6. The Bertz CT molecular complexity index is 414. The first-order valence-corrected chi connectivity index (χ1v) is 8.59. The molecule has 21 heavy (non-hydrogen) atoms. The lowest BCUT2D eigenvalue weighted by Gasteiger charge is -2.26. The smallest absolute Gasteiger partial charge is 0.0208 e. The Morgan fingerprint density at radius 2 is 1.76 bits per heavy atom. The summed E-state index contributed by atoms with van der Waals surface area (Å²) in [6, 6.07) is 8.84. The molecule has 118 valence electrons. The third kappa shape index (κ3) is 5.44. The fourth-order valence-electron chi connectivity index (χ4n) is 3.24. The second kappa shape index (κ2) is 7.95. The number of benzene rings is 1. The minimum absolute atomic E-state index is 0.228. The SMILES string of the molecule is CC(C)(C)c1ccccc1CNCCCN1CCCCC1. The van der Waals surface area contributed by atoms with Gasteiger partial charge in [0.15, 0.2) is 0 Å². The molecular weight excluding hydrogens is 256 g/mol. The van der Waals surface area contributed by atoms with Crippen LogP contribution in [0.3, 0.4) is 0 Å². The van der Waals surface area contributed by atoms with Gasteiger partial charge in [-0.15, -0.1) is 0 Å². The second-order valence-electron chi connectivity index (χ2n) is 7.34. The van der Waals surface area contributed by atoms with E-state index >= 15 is 0 Å². The summed E-state index contributed by atoms with van der Waals surface area (Å²) in [5.74, 6) is 0. The molecule has 1 heterocycles. The van der Waals surface area contributed by atoms with E-state index in [0.29, 0.717) is 0 Å². The van der Waals surface area contributed by atoms with Gasteiger partial charge in [0.05, 0.1) is 0 Å². The molecule has 0 aliphatic carbocycles. The van der Waals surface area contributed by atoms with Crippen molar-refractivity contribution in [3.05, 3.63) is 35.4 Å². The van der Waals surface area contributed by atoms with Gasteiger partial charge in [0, 0.05) is 6.54 Å². The monoisotopic (exact) mass is 288 g/mol. The third-order valence-electron chi connectivity index (χ3n) is 4.42. The maximum atomic E-state index is 3.63. The van der Waals surface area contributed by atoms with Crippen LogP contribution in [0.5, 0.6) is 0 Å². The van der Waals surface area contributed by atoms with Gasteiger partial charge < -0.3 is 10.2 Å². The van der Waals surface area contributed by atoms with E-state index in [9.17, 15) is 0 Å². The molecule has 2 rings (SSSR count). The van der Waals surface area contributed by atoms with E-state index in [1.165, 1.54) is 56.4 Å². The molecule has 0 saturated carbocycles. The van der Waals surface area contributed by atoms with Crippen molar-refractivity contribution in [3.63, 3.8) is 0 Å². The standard InChI is InChI=1S/C19H32N2/c1-19(2,3)18-11-6-5-10-17(18)16-20-12-9-15-21-13-7-4-8-14-21/h5-6,10-11,20H,4,7-9,12-16H2,1-3H3. The van der Waals surface area contributed by atoms with E-state index < -0.39 is 0 Å². The molecule has 0 radical (unpaired) electrons. The van der Waals surface area contributed by atoms with Crippen LogP contribution in [0.25, 0.3) is 0 Å². The van der Waals surface area contributed by atoms with E-state index in [2.05, 4.69) is 55.3 Å². The first-order chi connectivity index (χ1) is 10.1. The summed E-state index contributed by atoms with van der Waals surface area (Å²) in [6.45, 7) is 12.9. The van der Waals surface area contributed by atoms with Gasteiger partial charge >= 0.3 is 0 Å². The van der Waals surface area contributed by atoms with Crippen LogP contribution in [-0.2, 0) is 12.0 Å². The first kappa shape index (κ1) is 16.5. The summed E-state index contributed by atoms with van der Waals surface area (Å²) in [4.78, 5) is 2.62. The lowest BCUT2D eigenvalue weighted by Crippen LogP contribution is -2.32. The Hall–Kier alpha value is -0.860. The predicted molar refractivity (Wildman–Crippen MR) is 91.8 cm³/mol. The van der Waals surface area contributed by atoms with Crippen LogP contribution in [0, 0.1) is 0 Å². The van der Waals surface area contributed by atoms with Crippen molar-refractivity contribution in [2.75, 3.05) is 26.2 Å². The fraction of sp³-hybridized carbons (Fsp3) is 0.684. The molecule has 1 aliphatic rings. The Morgan fingerprint density at radius 1 is 1.05 bits per heavy atom. The summed E-state index contributed by atoms with van der Waals surface area (Å²) in [5, 5.41) is 3.63. The van der Waals surface area contributed by atoms with Crippen molar-refractivity contribution in [1.29, 1.82) is 0 Å². The van der Waals surface area contributed by atoms with E-state index in [-0.39, 0.29) is 5.41 Å². The largest absolute Gasteiger partial charge is 0.313 e. The van der Waals surface area contributed by atoms with E-state index in [0.717, 1.165) is 13.1 Å². The highest BCUT2D eigenvalue weighted by Crippen LogP contribution is 2.25.